The lowest BCUT2D eigenvalue weighted by Gasteiger charge is -2.20. The number of benzene rings is 1. The van der Waals surface area contributed by atoms with Gasteiger partial charge in [-0.05, 0) is 48.9 Å². The molecule has 2 heterocycles. The molecule has 4 rings (SSSR count). The zero-order chi connectivity index (χ0) is 14.4. The molecule has 0 radical (unpaired) electrons. The summed E-state index contributed by atoms with van der Waals surface area (Å²) in [5.41, 5.74) is 5.28. The Kier molecular flexibility index (Phi) is 3.14. The number of hydrogen-bond donors (Lipinski definition) is 2. The van der Waals surface area contributed by atoms with Gasteiger partial charge < -0.3 is 5.32 Å². The van der Waals surface area contributed by atoms with E-state index < -0.39 is 0 Å². The van der Waals surface area contributed by atoms with Crippen LogP contribution in [0, 0.1) is 6.92 Å². The van der Waals surface area contributed by atoms with Crippen molar-refractivity contribution in [1.29, 1.82) is 0 Å². The number of rotatable bonds is 4. The minimum atomic E-state index is 0.116. The molecular weight excluding hydrogens is 296 g/mol. The third-order valence-corrected chi connectivity index (χ3v) is 6.51. The van der Waals surface area contributed by atoms with Gasteiger partial charge in [0.1, 0.15) is 0 Å². The summed E-state index contributed by atoms with van der Waals surface area (Å²) in [6, 6.07) is 11.2. The van der Waals surface area contributed by atoms with Gasteiger partial charge >= 0.3 is 0 Å². The molecule has 0 atom stereocenters. The molecule has 1 fully saturated rings. The second-order valence-corrected chi connectivity index (χ2v) is 8.11. The molecule has 2 N–H and O–H groups in total. The molecule has 1 aromatic carbocycles. The Morgan fingerprint density at radius 2 is 2.05 bits per heavy atom. The van der Waals surface area contributed by atoms with Gasteiger partial charge in [-0.15, -0.1) is 11.3 Å². The maximum Gasteiger partial charge on any atom is 0.0803 e. The second kappa shape index (κ2) is 4.90. The summed E-state index contributed by atoms with van der Waals surface area (Å²) in [6.07, 6.45) is 2.38. The van der Waals surface area contributed by atoms with Crippen LogP contribution in [-0.4, -0.2) is 0 Å². The fourth-order valence-electron chi connectivity index (χ4n) is 2.78. The van der Waals surface area contributed by atoms with E-state index in [1.807, 2.05) is 11.3 Å². The molecule has 1 aliphatic heterocycles. The quantitative estimate of drug-likeness (QED) is 0.817. The number of thiophene rings is 1. The van der Waals surface area contributed by atoms with E-state index in [1.54, 1.807) is 11.9 Å². The van der Waals surface area contributed by atoms with Crippen LogP contribution in [0.4, 0.5) is 0 Å². The summed E-state index contributed by atoms with van der Waals surface area (Å²) < 4.78 is 4.69. The van der Waals surface area contributed by atoms with E-state index in [1.165, 1.54) is 38.6 Å². The highest BCUT2D eigenvalue weighted by Crippen LogP contribution is 2.47. The molecule has 0 amide bonds. The van der Waals surface area contributed by atoms with Gasteiger partial charge in [-0.2, -0.15) is 0 Å². The number of aryl methyl sites for hydroxylation is 1. The molecule has 0 spiro atoms. The standard InChI is InChI=1S/C17H18N2S2/c1-11-3-5-14(6-4-11)17(7-8-17)19-12(2)15-9-13-10-18-21-16(13)20-15/h3-6,9,18-19H,2,7-8,10H2,1H3. The first kappa shape index (κ1) is 13.4. The van der Waals surface area contributed by atoms with E-state index in [0.29, 0.717) is 0 Å². The smallest absolute Gasteiger partial charge is 0.0803 e. The largest absolute Gasteiger partial charge is 0.375 e. The van der Waals surface area contributed by atoms with Gasteiger partial charge in [0, 0.05) is 12.2 Å². The molecule has 108 valence electrons. The molecule has 1 aromatic heterocycles. The van der Waals surface area contributed by atoms with E-state index in [-0.39, 0.29) is 5.54 Å². The maximum atomic E-state index is 4.28. The molecule has 0 bridgehead atoms. The fourth-order valence-corrected chi connectivity index (χ4v) is 4.85. The van der Waals surface area contributed by atoms with Crippen LogP contribution in [0.3, 0.4) is 0 Å². The van der Waals surface area contributed by atoms with Crippen LogP contribution in [0.5, 0.6) is 0 Å². The topological polar surface area (TPSA) is 24.1 Å². The number of nitrogens with one attached hydrogen (secondary N) is 2. The normalized spacial score (nSPS) is 18.3. The van der Waals surface area contributed by atoms with Gasteiger partial charge in [-0.25, -0.2) is 0 Å². The van der Waals surface area contributed by atoms with Gasteiger partial charge in [0.25, 0.3) is 0 Å². The summed E-state index contributed by atoms with van der Waals surface area (Å²) in [5.74, 6) is 0. The van der Waals surface area contributed by atoms with Crippen molar-refractivity contribution in [3.8, 4) is 0 Å². The summed E-state index contributed by atoms with van der Waals surface area (Å²) >= 11 is 3.57. The average molecular weight is 314 g/mol. The summed E-state index contributed by atoms with van der Waals surface area (Å²) in [7, 11) is 0. The van der Waals surface area contributed by atoms with Gasteiger partial charge in [0.2, 0.25) is 0 Å². The van der Waals surface area contributed by atoms with Crippen molar-refractivity contribution in [3.05, 3.63) is 58.5 Å². The summed E-state index contributed by atoms with van der Waals surface area (Å²) in [4.78, 5) is 1.27. The highest BCUT2D eigenvalue weighted by Gasteiger charge is 2.44. The van der Waals surface area contributed by atoms with Crippen LogP contribution in [-0.2, 0) is 12.1 Å². The Hall–Kier alpha value is -1.23. The third kappa shape index (κ3) is 2.41. The minimum Gasteiger partial charge on any atom is -0.375 e. The maximum absolute atomic E-state index is 4.28. The van der Waals surface area contributed by atoms with Crippen LogP contribution in [0.2, 0.25) is 0 Å². The van der Waals surface area contributed by atoms with Crippen molar-refractivity contribution in [2.24, 2.45) is 0 Å². The highest BCUT2D eigenvalue weighted by atomic mass is 32.2. The van der Waals surface area contributed by atoms with Crippen molar-refractivity contribution in [3.63, 3.8) is 0 Å². The predicted molar refractivity (Wildman–Crippen MR) is 91.3 cm³/mol. The first-order valence-corrected chi connectivity index (χ1v) is 8.87. The lowest BCUT2D eigenvalue weighted by molar-refractivity contribution is 0.631. The van der Waals surface area contributed by atoms with E-state index in [0.717, 1.165) is 12.2 Å². The van der Waals surface area contributed by atoms with Crippen LogP contribution in [0.25, 0.3) is 5.70 Å². The Balaban J connectivity index is 1.54. The molecule has 0 unspecified atom stereocenters. The molecular formula is C17H18N2S2. The van der Waals surface area contributed by atoms with Gasteiger partial charge in [0.15, 0.2) is 0 Å². The van der Waals surface area contributed by atoms with Crippen molar-refractivity contribution < 1.29 is 0 Å². The monoisotopic (exact) mass is 314 g/mol. The first-order chi connectivity index (χ1) is 10.2. The van der Waals surface area contributed by atoms with Crippen molar-refractivity contribution in [1.82, 2.24) is 10.0 Å². The molecule has 0 saturated heterocycles. The lowest BCUT2D eigenvalue weighted by Crippen LogP contribution is -2.26. The Bertz CT molecular complexity index is 675. The minimum absolute atomic E-state index is 0.116. The van der Waals surface area contributed by atoms with E-state index in [4.69, 9.17) is 0 Å². The number of fused-ring (bicyclic) bond motifs is 1. The van der Waals surface area contributed by atoms with E-state index in [2.05, 4.69) is 53.9 Å². The van der Waals surface area contributed by atoms with Crippen LogP contribution >= 0.6 is 23.3 Å². The Labute approximate surface area is 133 Å². The van der Waals surface area contributed by atoms with Gasteiger partial charge in [-0.3, -0.25) is 4.72 Å². The summed E-state index contributed by atoms with van der Waals surface area (Å²) in [5, 5.41) is 3.69. The molecule has 2 aliphatic rings. The molecule has 21 heavy (non-hydrogen) atoms. The Morgan fingerprint density at radius 1 is 1.29 bits per heavy atom. The van der Waals surface area contributed by atoms with Crippen LogP contribution in [0.15, 0.2) is 41.1 Å². The Morgan fingerprint density at radius 3 is 2.71 bits per heavy atom. The predicted octanol–water partition coefficient (Wildman–Crippen LogP) is 4.42. The second-order valence-electron chi connectivity index (χ2n) is 5.90. The van der Waals surface area contributed by atoms with Crippen molar-refractivity contribution in [2.45, 2.75) is 36.1 Å². The zero-order valence-electron chi connectivity index (χ0n) is 12.0. The lowest BCUT2D eigenvalue weighted by atomic mass is 10.0. The molecule has 2 nitrogen and oxygen atoms in total. The van der Waals surface area contributed by atoms with E-state index in [9.17, 15) is 0 Å². The highest BCUT2D eigenvalue weighted by molar-refractivity contribution is 7.99. The van der Waals surface area contributed by atoms with E-state index >= 15 is 0 Å². The third-order valence-electron chi connectivity index (χ3n) is 4.24. The molecule has 1 saturated carbocycles. The SMILES string of the molecule is C=C(NC1(c2ccc(C)cc2)CC1)c1cc2c(s1)SNC2. The van der Waals surface area contributed by atoms with Gasteiger partial charge in [0.05, 0.1) is 14.6 Å². The molecule has 2 aromatic rings. The van der Waals surface area contributed by atoms with Crippen molar-refractivity contribution >= 4 is 29.0 Å². The fraction of sp³-hybridized carbons (Fsp3) is 0.294. The number of hydrogen-bond acceptors (Lipinski definition) is 4. The van der Waals surface area contributed by atoms with Crippen LogP contribution in [0.1, 0.15) is 34.4 Å². The first-order valence-electron chi connectivity index (χ1n) is 7.23. The summed E-state index contributed by atoms with van der Waals surface area (Å²) in [6.45, 7) is 7.37. The zero-order valence-corrected chi connectivity index (χ0v) is 13.7. The van der Waals surface area contributed by atoms with Gasteiger partial charge in [-0.1, -0.05) is 36.4 Å². The average Bonchev–Trinajstić information content (AvgIpc) is 2.93. The van der Waals surface area contributed by atoms with Crippen LogP contribution < -0.4 is 10.0 Å². The molecule has 1 aliphatic carbocycles. The van der Waals surface area contributed by atoms with Crippen molar-refractivity contribution in [2.75, 3.05) is 0 Å². The molecule has 4 heteroatoms.